The maximum absolute atomic E-state index is 12.5. The first kappa shape index (κ1) is 18.0. The fourth-order valence-electron chi connectivity index (χ4n) is 2.88. The van der Waals surface area contributed by atoms with Gasteiger partial charge < -0.3 is 10.3 Å². The number of para-hydroxylation sites is 1. The van der Waals surface area contributed by atoms with Crippen LogP contribution in [0, 0.1) is 0 Å². The minimum Gasteiger partial charge on any atom is -0.361 e. The van der Waals surface area contributed by atoms with Gasteiger partial charge in [-0.1, -0.05) is 30.3 Å². The molecule has 6 heteroatoms. The number of alkyl halides is 3. The highest BCUT2D eigenvalue weighted by atomic mass is 19.4. The summed E-state index contributed by atoms with van der Waals surface area (Å²) in [5.74, 6) is -0.0674. The van der Waals surface area contributed by atoms with Gasteiger partial charge in [-0.15, -0.1) is 0 Å². The lowest BCUT2D eigenvalue weighted by molar-refractivity contribution is -0.137. The zero-order chi connectivity index (χ0) is 18.6. The highest BCUT2D eigenvalue weighted by Gasteiger charge is 2.29. The molecule has 0 spiro atoms. The van der Waals surface area contributed by atoms with E-state index in [9.17, 15) is 18.0 Å². The molecule has 0 fully saturated rings. The molecule has 0 atom stereocenters. The Morgan fingerprint density at radius 3 is 2.46 bits per heavy atom. The number of nitrogens with one attached hydrogen (secondary N) is 2. The summed E-state index contributed by atoms with van der Waals surface area (Å²) in [6, 6.07) is 12.9. The van der Waals surface area contributed by atoms with Crippen molar-refractivity contribution >= 4 is 16.8 Å². The molecular weight excluding hydrogens is 341 g/mol. The number of hydrogen-bond acceptors (Lipinski definition) is 1. The maximum atomic E-state index is 12.5. The Morgan fingerprint density at radius 1 is 1.00 bits per heavy atom. The molecule has 2 N–H and O–H groups in total. The van der Waals surface area contributed by atoms with E-state index in [-0.39, 0.29) is 5.91 Å². The normalized spacial score (nSPS) is 11.7. The van der Waals surface area contributed by atoms with Crippen LogP contribution in [0.3, 0.4) is 0 Å². The van der Waals surface area contributed by atoms with Crippen LogP contribution < -0.4 is 5.32 Å². The van der Waals surface area contributed by atoms with Gasteiger partial charge in [0.05, 0.1) is 5.56 Å². The Morgan fingerprint density at radius 2 is 1.73 bits per heavy atom. The van der Waals surface area contributed by atoms with E-state index in [1.807, 2.05) is 30.5 Å². The number of halogens is 3. The molecule has 1 amide bonds. The van der Waals surface area contributed by atoms with E-state index in [1.165, 1.54) is 12.1 Å². The van der Waals surface area contributed by atoms with Crippen LogP contribution in [0.5, 0.6) is 0 Å². The van der Waals surface area contributed by atoms with Gasteiger partial charge in [-0.05, 0) is 42.2 Å². The predicted molar refractivity (Wildman–Crippen MR) is 94.8 cm³/mol. The maximum Gasteiger partial charge on any atom is 0.416 e. The van der Waals surface area contributed by atoms with Crippen LogP contribution in [0.25, 0.3) is 10.9 Å². The summed E-state index contributed by atoms with van der Waals surface area (Å²) in [4.78, 5) is 15.2. The third-order valence-electron chi connectivity index (χ3n) is 4.31. The molecule has 0 bridgehead atoms. The van der Waals surface area contributed by atoms with E-state index in [1.54, 1.807) is 0 Å². The van der Waals surface area contributed by atoms with Crippen LogP contribution in [0.4, 0.5) is 13.2 Å². The standard InChI is InChI=1S/C20H19F3N2O/c21-20(22,23)16-8-5-14(6-9-16)11-12-24-19(26)10-7-15-13-25-18-4-2-1-3-17(15)18/h1-6,8-9,13,25H,7,10-12H2,(H,24,26). The van der Waals surface area contributed by atoms with E-state index >= 15 is 0 Å². The van der Waals surface area contributed by atoms with Gasteiger partial charge in [-0.25, -0.2) is 0 Å². The molecular formula is C20H19F3N2O. The quantitative estimate of drug-likeness (QED) is 0.669. The smallest absolute Gasteiger partial charge is 0.361 e. The van der Waals surface area contributed by atoms with Crippen LogP contribution >= 0.6 is 0 Å². The molecule has 3 rings (SSSR count). The van der Waals surface area contributed by atoms with Gasteiger partial charge in [0.15, 0.2) is 0 Å². The van der Waals surface area contributed by atoms with Crippen molar-refractivity contribution in [1.29, 1.82) is 0 Å². The summed E-state index contributed by atoms with van der Waals surface area (Å²) in [6.07, 6.45) is -0.906. The highest BCUT2D eigenvalue weighted by molar-refractivity contribution is 5.84. The van der Waals surface area contributed by atoms with Crippen molar-refractivity contribution in [2.24, 2.45) is 0 Å². The lowest BCUT2D eigenvalue weighted by atomic mass is 10.1. The zero-order valence-corrected chi connectivity index (χ0v) is 14.1. The van der Waals surface area contributed by atoms with Crippen molar-refractivity contribution in [1.82, 2.24) is 10.3 Å². The Balaban J connectivity index is 1.44. The van der Waals surface area contributed by atoms with Crippen LogP contribution in [-0.4, -0.2) is 17.4 Å². The van der Waals surface area contributed by atoms with Gasteiger partial charge in [0.1, 0.15) is 0 Å². The van der Waals surface area contributed by atoms with Gasteiger partial charge in [-0.3, -0.25) is 4.79 Å². The second kappa shape index (κ2) is 7.64. The summed E-state index contributed by atoms with van der Waals surface area (Å²) < 4.78 is 37.6. The first-order chi connectivity index (χ1) is 12.4. The molecule has 0 saturated carbocycles. The molecule has 0 radical (unpaired) electrons. The molecule has 26 heavy (non-hydrogen) atoms. The van der Waals surface area contributed by atoms with Crippen molar-refractivity contribution in [3.05, 3.63) is 71.4 Å². The van der Waals surface area contributed by atoms with Crippen LogP contribution in [0.15, 0.2) is 54.7 Å². The third-order valence-corrected chi connectivity index (χ3v) is 4.31. The number of aryl methyl sites for hydroxylation is 1. The van der Waals surface area contributed by atoms with E-state index in [4.69, 9.17) is 0 Å². The zero-order valence-electron chi connectivity index (χ0n) is 14.1. The third kappa shape index (κ3) is 4.45. The van der Waals surface area contributed by atoms with Crippen molar-refractivity contribution in [2.45, 2.75) is 25.4 Å². The lowest BCUT2D eigenvalue weighted by Gasteiger charge is -2.08. The highest BCUT2D eigenvalue weighted by Crippen LogP contribution is 2.29. The first-order valence-electron chi connectivity index (χ1n) is 8.41. The molecule has 0 saturated heterocycles. The Kier molecular flexibility index (Phi) is 5.30. The lowest BCUT2D eigenvalue weighted by Crippen LogP contribution is -2.25. The molecule has 136 valence electrons. The van der Waals surface area contributed by atoms with E-state index in [0.29, 0.717) is 25.8 Å². The van der Waals surface area contributed by atoms with Gasteiger partial charge in [0.25, 0.3) is 0 Å². The molecule has 0 aliphatic carbocycles. The monoisotopic (exact) mass is 360 g/mol. The average molecular weight is 360 g/mol. The molecule has 1 aromatic heterocycles. The van der Waals surface area contributed by atoms with Gasteiger partial charge >= 0.3 is 6.18 Å². The number of hydrogen-bond donors (Lipinski definition) is 2. The van der Waals surface area contributed by atoms with Gasteiger partial charge in [0, 0.05) is 30.1 Å². The molecule has 3 aromatic rings. The number of carbonyl (C=O) groups excluding carboxylic acids is 1. The number of fused-ring (bicyclic) bond motifs is 1. The number of H-pyrrole nitrogens is 1. The molecule has 0 aliphatic heterocycles. The summed E-state index contributed by atoms with van der Waals surface area (Å²) in [5.41, 5.74) is 2.24. The second-order valence-electron chi connectivity index (χ2n) is 6.15. The molecule has 3 nitrogen and oxygen atoms in total. The van der Waals surface area contributed by atoms with Crippen LogP contribution in [-0.2, 0) is 23.8 Å². The number of amides is 1. The minimum atomic E-state index is -4.32. The number of rotatable bonds is 6. The van der Waals surface area contributed by atoms with Gasteiger partial charge in [0.2, 0.25) is 5.91 Å². The largest absolute Gasteiger partial charge is 0.416 e. The fraction of sp³-hybridized carbons (Fsp3) is 0.250. The number of benzene rings is 2. The van der Waals surface area contributed by atoms with Gasteiger partial charge in [-0.2, -0.15) is 13.2 Å². The van der Waals surface area contributed by atoms with Crippen LogP contribution in [0.2, 0.25) is 0 Å². The number of aromatic nitrogens is 1. The van der Waals surface area contributed by atoms with Crippen molar-refractivity contribution in [2.75, 3.05) is 6.54 Å². The summed E-state index contributed by atoms with van der Waals surface area (Å²) in [5, 5.41) is 3.93. The summed E-state index contributed by atoms with van der Waals surface area (Å²) in [6.45, 7) is 0.401. The van der Waals surface area contributed by atoms with E-state index in [0.717, 1.165) is 34.2 Å². The topological polar surface area (TPSA) is 44.9 Å². The molecule has 2 aromatic carbocycles. The second-order valence-corrected chi connectivity index (χ2v) is 6.15. The SMILES string of the molecule is O=C(CCc1c[nH]c2ccccc12)NCCc1ccc(C(F)(F)F)cc1. The fourth-order valence-corrected chi connectivity index (χ4v) is 2.88. The van der Waals surface area contributed by atoms with E-state index < -0.39 is 11.7 Å². The summed E-state index contributed by atoms with van der Waals surface area (Å²) >= 11 is 0. The van der Waals surface area contributed by atoms with Crippen molar-refractivity contribution in [3.8, 4) is 0 Å². The molecule has 0 aliphatic rings. The van der Waals surface area contributed by atoms with Crippen molar-refractivity contribution < 1.29 is 18.0 Å². The molecule has 0 unspecified atom stereocenters. The first-order valence-corrected chi connectivity index (χ1v) is 8.41. The number of aromatic amines is 1. The van der Waals surface area contributed by atoms with Crippen molar-refractivity contribution in [3.63, 3.8) is 0 Å². The van der Waals surface area contributed by atoms with E-state index in [2.05, 4.69) is 10.3 Å². The minimum absolute atomic E-state index is 0.0674. The Bertz CT molecular complexity index is 882. The molecule has 1 heterocycles. The Hall–Kier alpha value is -2.76. The predicted octanol–water partition coefficient (Wildman–Crippen LogP) is 4.48. The average Bonchev–Trinajstić information content (AvgIpc) is 3.03. The summed E-state index contributed by atoms with van der Waals surface area (Å²) in [7, 11) is 0. The van der Waals surface area contributed by atoms with Crippen LogP contribution in [0.1, 0.15) is 23.1 Å². The Labute approximate surface area is 149 Å². The number of carbonyl (C=O) groups is 1.